The Hall–Kier alpha value is -1.39. The summed E-state index contributed by atoms with van der Waals surface area (Å²) in [5.74, 6) is 0.810. The maximum atomic E-state index is 12.1. The summed E-state index contributed by atoms with van der Waals surface area (Å²) in [5, 5.41) is 3.20. The topological polar surface area (TPSA) is 53.2 Å². The molecule has 2 aliphatic rings. The molecule has 2 fully saturated rings. The third-order valence-electron chi connectivity index (χ3n) is 4.48. The van der Waals surface area contributed by atoms with E-state index in [4.69, 9.17) is 0 Å². The van der Waals surface area contributed by atoms with E-state index in [1.165, 1.54) is 5.56 Å². The lowest BCUT2D eigenvalue weighted by atomic mass is 9.83. The molecular formula is C16H23N3O. The molecule has 1 aromatic rings. The van der Waals surface area contributed by atoms with Crippen molar-refractivity contribution < 1.29 is 4.79 Å². The van der Waals surface area contributed by atoms with Gasteiger partial charge in [0.1, 0.15) is 0 Å². The molecule has 1 amide bonds. The molecule has 1 heterocycles. The first-order valence-corrected chi connectivity index (χ1v) is 7.54. The van der Waals surface area contributed by atoms with E-state index >= 15 is 0 Å². The van der Waals surface area contributed by atoms with Gasteiger partial charge in [0.05, 0.1) is 6.42 Å². The summed E-state index contributed by atoms with van der Waals surface area (Å²) in [5.41, 5.74) is 8.85. The number of fused-ring (bicyclic) bond motifs is 1. The lowest BCUT2D eigenvalue weighted by Crippen LogP contribution is -2.44. The SMILES string of the molecule is Cc1ccc(CC(=O)NC2CCC3NNCC3C2)cc1. The molecular weight excluding hydrogens is 250 g/mol. The lowest BCUT2D eigenvalue weighted by Gasteiger charge is -2.31. The summed E-state index contributed by atoms with van der Waals surface area (Å²) in [6.07, 6.45) is 3.80. The summed E-state index contributed by atoms with van der Waals surface area (Å²) < 4.78 is 0. The summed E-state index contributed by atoms with van der Waals surface area (Å²) >= 11 is 0. The minimum absolute atomic E-state index is 0.149. The van der Waals surface area contributed by atoms with Crippen LogP contribution >= 0.6 is 0 Å². The van der Waals surface area contributed by atoms with Crippen molar-refractivity contribution in [3.63, 3.8) is 0 Å². The molecule has 1 aliphatic heterocycles. The van der Waals surface area contributed by atoms with Crippen molar-refractivity contribution in [1.82, 2.24) is 16.2 Å². The predicted octanol–water partition coefficient (Wildman–Crippen LogP) is 1.30. The number of carbonyl (C=O) groups is 1. The van der Waals surface area contributed by atoms with Crippen molar-refractivity contribution in [1.29, 1.82) is 0 Å². The molecule has 1 saturated heterocycles. The van der Waals surface area contributed by atoms with Crippen LogP contribution in [0.4, 0.5) is 0 Å². The van der Waals surface area contributed by atoms with Gasteiger partial charge in [-0.05, 0) is 37.7 Å². The smallest absolute Gasteiger partial charge is 0.224 e. The van der Waals surface area contributed by atoms with E-state index in [0.717, 1.165) is 31.4 Å². The molecule has 3 rings (SSSR count). The Bertz CT molecular complexity index is 471. The first-order chi connectivity index (χ1) is 9.70. The molecule has 108 valence electrons. The highest BCUT2D eigenvalue weighted by atomic mass is 16.1. The van der Waals surface area contributed by atoms with Gasteiger partial charge in [0.2, 0.25) is 5.91 Å². The zero-order valence-electron chi connectivity index (χ0n) is 12.0. The van der Waals surface area contributed by atoms with Crippen molar-refractivity contribution in [2.24, 2.45) is 5.92 Å². The van der Waals surface area contributed by atoms with E-state index < -0.39 is 0 Å². The van der Waals surface area contributed by atoms with E-state index in [-0.39, 0.29) is 5.91 Å². The molecule has 0 spiro atoms. The molecule has 4 heteroatoms. The van der Waals surface area contributed by atoms with Gasteiger partial charge in [-0.2, -0.15) is 0 Å². The second kappa shape index (κ2) is 5.94. The summed E-state index contributed by atoms with van der Waals surface area (Å²) in [6, 6.07) is 9.14. The van der Waals surface area contributed by atoms with Gasteiger partial charge < -0.3 is 5.32 Å². The van der Waals surface area contributed by atoms with Crippen molar-refractivity contribution in [3.05, 3.63) is 35.4 Å². The number of aryl methyl sites for hydroxylation is 1. The minimum atomic E-state index is 0.149. The molecule has 1 aliphatic carbocycles. The standard InChI is InChI=1S/C16H23N3O/c1-11-2-4-12(5-3-11)8-16(20)18-14-6-7-15-13(9-14)10-17-19-15/h2-5,13-15,17,19H,6-10H2,1H3,(H,18,20). The average molecular weight is 273 g/mol. The van der Waals surface area contributed by atoms with Gasteiger partial charge in [-0.25, -0.2) is 0 Å². The second-order valence-electron chi connectivity index (χ2n) is 6.13. The van der Waals surface area contributed by atoms with Gasteiger partial charge in [-0.3, -0.25) is 15.6 Å². The molecule has 0 bridgehead atoms. The number of hydrogen-bond donors (Lipinski definition) is 3. The zero-order valence-corrected chi connectivity index (χ0v) is 12.0. The third-order valence-corrected chi connectivity index (χ3v) is 4.48. The first-order valence-electron chi connectivity index (χ1n) is 7.54. The zero-order chi connectivity index (χ0) is 13.9. The molecule has 4 nitrogen and oxygen atoms in total. The number of amides is 1. The van der Waals surface area contributed by atoms with Crippen LogP contribution in [0, 0.1) is 12.8 Å². The van der Waals surface area contributed by atoms with Crippen molar-refractivity contribution in [2.75, 3.05) is 6.54 Å². The van der Waals surface area contributed by atoms with E-state index in [1.54, 1.807) is 0 Å². The molecule has 0 radical (unpaired) electrons. The van der Waals surface area contributed by atoms with Crippen LogP contribution < -0.4 is 16.2 Å². The fourth-order valence-corrected chi connectivity index (χ4v) is 3.30. The summed E-state index contributed by atoms with van der Waals surface area (Å²) in [7, 11) is 0. The summed E-state index contributed by atoms with van der Waals surface area (Å²) in [6.45, 7) is 3.08. The van der Waals surface area contributed by atoms with Crippen LogP contribution in [0.3, 0.4) is 0 Å². The number of carbonyl (C=O) groups excluding carboxylic acids is 1. The average Bonchev–Trinajstić information content (AvgIpc) is 2.89. The normalized spacial score (nSPS) is 28.9. The maximum absolute atomic E-state index is 12.1. The molecule has 0 aromatic heterocycles. The number of rotatable bonds is 3. The molecule has 20 heavy (non-hydrogen) atoms. The highest BCUT2D eigenvalue weighted by Crippen LogP contribution is 2.26. The van der Waals surface area contributed by atoms with Crippen LogP contribution in [0.15, 0.2) is 24.3 Å². The molecule has 3 N–H and O–H groups in total. The van der Waals surface area contributed by atoms with Crippen LogP contribution in [0.1, 0.15) is 30.4 Å². The second-order valence-corrected chi connectivity index (χ2v) is 6.13. The van der Waals surface area contributed by atoms with Gasteiger partial charge in [-0.1, -0.05) is 29.8 Å². The van der Waals surface area contributed by atoms with Crippen LogP contribution in [0.25, 0.3) is 0 Å². The predicted molar refractivity (Wildman–Crippen MR) is 79.1 cm³/mol. The molecule has 3 atom stereocenters. The van der Waals surface area contributed by atoms with Gasteiger partial charge >= 0.3 is 0 Å². The van der Waals surface area contributed by atoms with Gasteiger partial charge in [-0.15, -0.1) is 0 Å². The van der Waals surface area contributed by atoms with Crippen LogP contribution in [-0.4, -0.2) is 24.5 Å². The third kappa shape index (κ3) is 3.19. The number of hydrogen-bond acceptors (Lipinski definition) is 3. The monoisotopic (exact) mass is 273 g/mol. The maximum Gasteiger partial charge on any atom is 0.224 e. The number of nitrogens with one attached hydrogen (secondary N) is 3. The molecule has 1 aromatic carbocycles. The van der Waals surface area contributed by atoms with Crippen molar-refractivity contribution in [3.8, 4) is 0 Å². The van der Waals surface area contributed by atoms with Crippen molar-refractivity contribution >= 4 is 5.91 Å². The highest BCUT2D eigenvalue weighted by Gasteiger charge is 2.34. The van der Waals surface area contributed by atoms with Gasteiger partial charge in [0.15, 0.2) is 0 Å². The lowest BCUT2D eigenvalue weighted by molar-refractivity contribution is -0.121. The Morgan fingerprint density at radius 3 is 2.90 bits per heavy atom. The van der Waals surface area contributed by atoms with E-state index in [2.05, 4.69) is 35.2 Å². The van der Waals surface area contributed by atoms with Gasteiger partial charge in [0.25, 0.3) is 0 Å². The Morgan fingerprint density at radius 2 is 2.10 bits per heavy atom. The van der Waals surface area contributed by atoms with E-state index in [0.29, 0.717) is 24.4 Å². The number of benzene rings is 1. The minimum Gasteiger partial charge on any atom is -0.353 e. The van der Waals surface area contributed by atoms with Crippen molar-refractivity contribution in [2.45, 2.75) is 44.7 Å². The highest BCUT2D eigenvalue weighted by molar-refractivity contribution is 5.78. The Labute approximate surface area is 120 Å². The Balaban J connectivity index is 1.50. The summed E-state index contributed by atoms with van der Waals surface area (Å²) in [4.78, 5) is 12.1. The Morgan fingerprint density at radius 1 is 1.30 bits per heavy atom. The van der Waals surface area contributed by atoms with Crippen LogP contribution in [-0.2, 0) is 11.2 Å². The van der Waals surface area contributed by atoms with Crippen LogP contribution in [0.2, 0.25) is 0 Å². The fourth-order valence-electron chi connectivity index (χ4n) is 3.30. The first kappa shape index (κ1) is 13.6. The van der Waals surface area contributed by atoms with E-state index in [1.807, 2.05) is 12.1 Å². The fraction of sp³-hybridized carbons (Fsp3) is 0.562. The molecule has 1 saturated carbocycles. The van der Waals surface area contributed by atoms with E-state index in [9.17, 15) is 4.79 Å². The largest absolute Gasteiger partial charge is 0.353 e. The number of hydrazine groups is 1. The Kier molecular flexibility index (Phi) is 4.03. The quantitative estimate of drug-likeness (QED) is 0.778. The van der Waals surface area contributed by atoms with Crippen LogP contribution in [0.5, 0.6) is 0 Å². The molecule has 3 unspecified atom stereocenters. The van der Waals surface area contributed by atoms with Gasteiger partial charge in [0, 0.05) is 18.6 Å².